The molecule has 2 unspecified atom stereocenters. The number of hydrogen-bond acceptors (Lipinski definition) is 4. The summed E-state index contributed by atoms with van der Waals surface area (Å²) in [7, 11) is 0. The van der Waals surface area contributed by atoms with Crippen LogP contribution in [0.1, 0.15) is 24.4 Å². The minimum absolute atomic E-state index is 0.0233. The van der Waals surface area contributed by atoms with Gasteiger partial charge in [-0.3, -0.25) is 9.79 Å². The highest BCUT2D eigenvalue weighted by Gasteiger charge is 2.34. The van der Waals surface area contributed by atoms with Crippen LogP contribution in [0.25, 0.3) is 0 Å². The number of carbonyl (C=O) groups excluding carboxylic acids is 1. The van der Waals surface area contributed by atoms with Gasteiger partial charge in [0.1, 0.15) is 17.9 Å². The summed E-state index contributed by atoms with van der Waals surface area (Å²) in [5.74, 6) is -0.460. The predicted octanol–water partition coefficient (Wildman–Crippen LogP) is 2.03. The summed E-state index contributed by atoms with van der Waals surface area (Å²) >= 11 is 0. The van der Waals surface area contributed by atoms with Gasteiger partial charge in [-0.05, 0) is 24.6 Å². The molecule has 2 rings (SSSR count). The number of benzene rings is 1. The Labute approximate surface area is 113 Å². The molecular formula is C12H13F3N4O. The molecule has 5 nitrogen and oxygen atoms in total. The number of nitrogens with two attached hydrogens (primary N) is 1. The first-order valence-electron chi connectivity index (χ1n) is 5.95. The SMILES string of the molecule is NC1=NC(c2cc(NC=O)ccc2F)C(N(F)F)CC1. The van der Waals surface area contributed by atoms with Gasteiger partial charge in [0, 0.05) is 23.0 Å². The highest BCUT2D eigenvalue weighted by atomic mass is 19.4. The topological polar surface area (TPSA) is 70.7 Å². The first kappa shape index (κ1) is 14.3. The molecule has 0 saturated carbocycles. The minimum Gasteiger partial charge on any atom is -0.387 e. The van der Waals surface area contributed by atoms with E-state index < -0.39 is 23.2 Å². The van der Waals surface area contributed by atoms with Crippen LogP contribution in [0, 0.1) is 5.82 Å². The second kappa shape index (κ2) is 5.91. The zero-order valence-corrected chi connectivity index (χ0v) is 10.4. The largest absolute Gasteiger partial charge is 0.387 e. The molecule has 20 heavy (non-hydrogen) atoms. The third kappa shape index (κ3) is 2.90. The van der Waals surface area contributed by atoms with E-state index in [0.717, 1.165) is 6.07 Å². The van der Waals surface area contributed by atoms with Crippen molar-refractivity contribution in [2.45, 2.75) is 24.9 Å². The molecule has 3 N–H and O–H groups in total. The highest BCUT2D eigenvalue weighted by Crippen LogP contribution is 2.34. The summed E-state index contributed by atoms with van der Waals surface area (Å²) in [6, 6.07) is 1.36. The Kier molecular flexibility index (Phi) is 4.23. The van der Waals surface area contributed by atoms with E-state index in [1.165, 1.54) is 12.1 Å². The van der Waals surface area contributed by atoms with Gasteiger partial charge in [0.15, 0.2) is 0 Å². The molecule has 0 fully saturated rings. The van der Waals surface area contributed by atoms with E-state index in [1.54, 1.807) is 0 Å². The van der Waals surface area contributed by atoms with Crippen LogP contribution in [-0.2, 0) is 4.79 Å². The van der Waals surface area contributed by atoms with Gasteiger partial charge in [-0.25, -0.2) is 4.39 Å². The summed E-state index contributed by atoms with van der Waals surface area (Å²) in [4.78, 5) is 14.3. The van der Waals surface area contributed by atoms with Gasteiger partial charge in [0.2, 0.25) is 6.41 Å². The number of hydrogen-bond donors (Lipinski definition) is 2. The number of halogens is 3. The third-order valence-electron chi connectivity index (χ3n) is 3.16. The fourth-order valence-corrected chi connectivity index (χ4v) is 2.19. The maximum absolute atomic E-state index is 13.9. The second-order valence-electron chi connectivity index (χ2n) is 4.43. The first-order valence-corrected chi connectivity index (χ1v) is 5.95. The lowest BCUT2D eigenvalue weighted by atomic mass is 9.93. The maximum Gasteiger partial charge on any atom is 0.211 e. The minimum atomic E-state index is -1.25. The molecular weight excluding hydrogens is 273 g/mol. The average molecular weight is 286 g/mol. The van der Waals surface area contributed by atoms with Crippen molar-refractivity contribution in [3.63, 3.8) is 0 Å². The normalized spacial score (nSPS) is 22.5. The Morgan fingerprint density at radius 3 is 2.85 bits per heavy atom. The number of nitrogens with one attached hydrogen (secondary N) is 1. The van der Waals surface area contributed by atoms with Crippen LogP contribution in [0.4, 0.5) is 19.0 Å². The lowest BCUT2D eigenvalue weighted by Crippen LogP contribution is -2.35. The number of carbonyl (C=O) groups is 1. The van der Waals surface area contributed by atoms with Crippen LogP contribution < -0.4 is 11.1 Å². The van der Waals surface area contributed by atoms with Crippen molar-refractivity contribution in [1.82, 2.24) is 5.34 Å². The molecule has 1 heterocycles. The number of rotatable bonds is 4. The number of amides is 1. The molecule has 0 saturated heterocycles. The molecule has 1 amide bonds. The molecule has 0 bridgehead atoms. The van der Waals surface area contributed by atoms with Crippen molar-refractivity contribution in [3.8, 4) is 0 Å². The van der Waals surface area contributed by atoms with Gasteiger partial charge >= 0.3 is 0 Å². The highest BCUT2D eigenvalue weighted by molar-refractivity contribution is 5.81. The van der Waals surface area contributed by atoms with Gasteiger partial charge < -0.3 is 11.1 Å². The molecule has 0 aliphatic carbocycles. The van der Waals surface area contributed by atoms with Gasteiger partial charge in [-0.15, -0.1) is 8.96 Å². The first-order chi connectivity index (χ1) is 9.52. The lowest BCUT2D eigenvalue weighted by molar-refractivity contribution is -0.195. The van der Waals surface area contributed by atoms with E-state index in [4.69, 9.17) is 5.73 Å². The van der Waals surface area contributed by atoms with Crippen molar-refractivity contribution in [2.24, 2.45) is 10.7 Å². The Morgan fingerprint density at radius 2 is 2.20 bits per heavy atom. The van der Waals surface area contributed by atoms with Crippen molar-refractivity contribution in [1.29, 1.82) is 0 Å². The predicted molar refractivity (Wildman–Crippen MR) is 67.5 cm³/mol. The smallest absolute Gasteiger partial charge is 0.211 e. The maximum atomic E-state index is 13.9. The van der Waals surface area contributed by atoms with Crippen LogP contribution in [0.2, 0.25) is 0 Å². The molecule has 1 aliphatic heterocycles. The van der Waals surface area contributed by atoms with Crippen LogP contribution in [-0.4, -0.2) is 23.6 Å². The third-order valence-corrected chi connectivity index (χ3v) is 3.16. The van der Waals surface area contributed by atoms with Crippen molar-refractivity contribution < 1.29 is 18.1 Å². The molecule has 0 aromatic heterocycles. The molecule has 1 aromatic rings. The number of anilines is 1. The quantitative estimate of drug-likeness (QED) is 0.657. The Bertz CT molecular complexity index is 535. The van der Waals surface area contributed by atoms with Crippen molar-refractivity contribution in [2.75, 3.05) is 5.32 Å². The molecule has 0 radical (unpaired) electrons. The van der Waals surface area contributed by atoms with Crippen LogP contribution in [0.5, 0.6) is 0 Å². The molecule has 108 valence electrons. The lowest BCUT2D eigenvalue weighted by Gasteiger charge is -2.28. The van der Waals surface area contributed by atoms with Crippen LogP contribution in [0.3, 0.4) is 0 Å². The van der Waals surface area contributed by atoms with Gasteiger partial charge in [-0.1, -0.05) is 0 Å². The van der Waals surface area contributed by atoms with Crippen LogP contribution >= 0.6 is 0 Å². The van der Waals surface area contributed by atoms with Crippen molar-refractivity contribution in [3.05, 3.63) is 29.6 Å². The number of amidine groups is 1. The van der Waals surface area contributed by atoms with Gasteiger partial charge in [-0.2, -0.15) is 0 Å². The second-order valence-corrected chi connectivity index (χ2v) is 4.43. The Balaban J connectivity index is 2.43. The zero-order valence-electron chi connectivity index (χ0n) is 10.4. The zero-order chi connectivity index (χ0) is 14.7. The summed E-state index contributed by atoms with van der Waals surface area (Å²) in [5, 5.41) is 1.37. The van der Waals surface area contributed by atoms with Gasteiger partial charge in [0.25, 0.3) is 0 Å². The summed E-state index contributed by atoms with van der Waals surface area (Å²) in [6.45, 7) is 0. The van der Waals surface area contributed by atoms with E-state index in [9.17, 15) is 18.1 Å². The Morgan fingerprint density at radius 1 is 1.45 bits per heavy atom. The van der Waals surface area contributed by atoms with E-state index in [0.29, 0.717) is 12.1 Å². The average Bonchev–Trinajstić information content (AvgIpc) is 2.40. The van der Waals surface area contributed by atoms with E-state index in [1.807, 2.05) is 0 Å². The van der Waals surface area contributed by atoms with E-state index in [2.05, 4.69) is 10.3 Å². The van der Waals surface area contributed by atoms with E-state index in [-0.39, 0.29) is 24.2 Å². The standard InChI is InChI=1S/C12H13F3N4O/c13-9-2-1-7(17-6-20)5-8(9)12-10(19(14)15)3-4-11(16)18-12/h1-2,5-6,10,12H,3-4H2,(H2,16,18)(H,17,20). The monoisotopic (exact) mass is 286 g/mol. The summed E-state index contributed by atoms with van der Waals surface area (Å²) in [5.41, 5.74) is 5.85. The summed E-state index contributed by atoms with van der Waals surface area (Å²) < 4.78 is 39.7. The van der Waals surface area contributed by atoms with E-state index >= 15 is 0 Å². The molecule has 0 spiro atoms. The van der Waals surface area contributed by atoms with Gasteiger partial charge in [0.05, 0.1) is 5.84 Å². The Hall–Kier alpha value is -2.09. The molecule has 2 atom stereocenters. The van der Waals surface area contributed by atoms with Crippen molar-refractivity contribution >= 4 is 17.9 Å². The molecule has 8 heteroatoms. The molecule has 1 aliphatic rings. The summed E-state index contributed by atoms with van der Waals surface area (Å²) in [6.07, 6.45) is 0.737. The number of nitrogens with zero attached hydrogens (tertiary/aromatic N) is 2. The fourth-order valence-electron chi connectivity index (χ4n) is 2.19. The molecule has 1 aromatic carbocycles. The number of aliphatic imine (C=N–C) groups is 1. The van der Waals surface area contributed by atoms with Crippen LogP contribution in [0.15, 0.2) is 23.2 Å². The fraction of sp³-hybridized carbons (Fsp3) is 0.333.